The van der Waals surface area contributed by atoms with Gasteiger partial charge in [0.1, 0.15) is 15.7 Å². The van der Waals surface area contributed by atoms with Gasteiger partial charge in [-0.3, -0.25) is 9.69 Å². The maximum absolute atomic E-state index is 14.9. The average molecular weight is 454 g/mol. The van der Waals surface area contributed by atoms with Crippen molar-refractivity contribution in [2.24, 2.45) is 0 Å². The average Bonchev–Trinajstić information content (AvgIpc) is 2.81. The lowest BCUT2D eigenvalue weighted by molar-refractivity contribution is -0.140. The largest absolute Gasteiger partial charge is 0.420 e. The minimum atomic E-state index is -5.13. The summed E-state index contributed by atoms with van der Waals surface area (Å²) in [6, 6.07) is 4.75. The van der Waals surface area contributed by atoms with Crippen molar-refractivity contribution in [1.29, 1.82) is 5.26 Å². The number of alkyl halides is 3. The van der Waals surface area contributed by atoms with Gasteiger partial charge in [0.25, 0.3) is 5.91 Å². The number of benzene rings is 1. The van der Waals surface area contributed by atoms with Crippen LogP contribution in [0.15, 0.2) is 24.4 Å². The summed E-state index contributed by atoms with van der Waals surface area (Å²) in [6.45, 7) is 4.78. The molecule has 0 spiro atoms. The molecule has 0 radical (unpaired) electrons. The monoisotopic (exact) mass is 454 g/mol. The van der Waals surface area contributed by atoms with Crippen molar-refractivity contribution < 1.29 is 22.4 Å². The van der Waals surface area contributed by atoms with E-state index < -0.39 is 40.3 Å². The summed E-state index contributed by atoms with van der Waals surface area (Å²) >= 11 is 10.5. The molecule has 11 heteroatoms. The number of nitrogens with one attached hydrogen (secondary N) is 1. The van der Waals surface area contributed by atoms with Crippen LogP contribution in [-0.2, 0) is 11.0 Å². The fourth-order valence-electron chi connectivity index (χ4n) is 3.26. The van der Waals surface area contributed by atoms with Crippen LogP contribution >= 0.6 is 24.4 Å². The number of carbonyl (C=O) groups excluding carboxylic acids is 1. The second-order valence-corrected chi connectivity index (χ2v) is 7.89. The van der Waals surface area contributed by atoms with Crippen LogP contribution in [0, 0.1) is 28.7 Å². The summed E-state index contributed by atoms with van der Waals surface area (Å²) in [5.41, 5.74) is -3.49. The van der Waals surface area contributed by atoms with Crippen LogP contribution in [0.3, 0.4) is 0 Å². The SMILES string of the molecule is Cc1cc(N2C(=S)N(c3ccc(C#N)c(C(F)(F)F)c3F)C(=O)C2(C)C)c[nH]c1=S. The molecule has 1 fully saturated rings. The fourth-order valence-corrected chi connectivity index (χ4v) is 3.89. The first-order valence-corrected chi connectivity index (χ1v) is 9.32. The van der Waals surface area contributed by atoms with Crippen LogP contribution in [0.5, 0.6) is 0 Å². The molecule has 2 aromatic rings. The zero-order valence-electron chi connectivity index (χ0n) is 15.9. The Morgan fingerprint density at radius 3 is 2.40 bits per heavy atom. The molecule has 156 valence electrons. The molecule has 0 atom stereocenters. The standard InChI is InChI=1S/C19H14F4N4OS2/c1-9-6-11(8-25-15(9)29)27-17(30)26(16(28)18(27,2)3)12-5-4-10(7-24)13(14(12)20)19(21,22)23/h4-6,8H,1-3H3,(H,25,29). The zero-order valence-corrected chi connectivity index (χ0v) is 17.5. The van der Waals surface area contributed by atoms with Gasteiger partial charge in [-0.2, -0.15) is 18.4 Å². The number of nitrogens with zero attached hydrogens (tertiary/aromatic N) is 3. The molecule has 1 saturated heterocycles. The predicted molar refractivity (Wildman–Crippen MR) is 109 cm³/mol. The van der Waals surface area contributed by atoms with Crippen molar-refractivity contribution >= 4 is 46.8 Å². The van der Waals surface area contributed by atoms with Gasteiger partial charge in [0.15, 0.2) is 10.9 Å². The molecule has 1 aliphatic heterocycles. The van der Waals surface area contributed by atoms with Crippen molar-refractivity contribution in [3.05, 3.63) is 51.5 Å². The van der Waals surface area contributed by atoms with Crippen molar-refractivity contribution in [2.45, 2.75) is 32.5 Å². The molecule has 0 aliphatic carbocycles. The number of anilines is 2. The van der Waals surface area contributed by atoms with Crippen molar-refractivity contribution in [2.75, 3.05) is 9.80 Å². The highest BCUT2D eigenvalue weighted by molar-refractivity contribution is 7.81. The maximum Gasteiger partial charge on any atom is 0.420 e. The third kappa shape index (κ3) is 3.26. The molecule has 1 aliphatic rings. The Morgan fingerprint density at radius 2 is 1.87 bits per heavy atom. The van der Waals surface area contributed by atoms with Crippen LogP contribution < -0.4 is 9.80 Å². The van der Waals surface area contributed by atoms with Crippen LogP contribution in [-0.4, -0.2) is 21.5 Å². The molecule has 1 aromatic heterocycles. The fraction of sp³-hybridized carbons (Fsp3) is 0.263. The second-order valence-electron chi connectivity index (χ2n) is 7.12. The molecule has 30 heavy (non-hydrogen) atoms. The van der Waals surface area contributed by atoms with E-state index in [-0.39, 0.29) is 5.11 Å². The van der Waals surface area contributed by atoms with E-state index in [1.165, 1.54) is 31.0 Å². The molecular weight excluding hydrogens is 440 g/mol. The topological polar surface area (TPSA) is 63.1 Å². The Balaban J connectivity index is 2.20. The van der Waals surface area contributed by atoms with Gasteiger partial charge in [-0.25, -0.2) is 4.39 Å². The number of aryl methyl sites for hydroxylation is 1. The van der Waals surface area contributed by atoms with Gasteiger partial charge in [0, 0.05) is 6.20 Å². The van der Waals surface area contributed by atoms with Gasteiger partial charge in [-0.1, -0.05) is 12.2 Å². The number of aromatic nitrogens is 1. The van der Waals surface area contributed by atoms with Gasteiger partial charge < -0.3 is 9.88 Å². The number of halogens is 4. The number of aromatic amines is 1. The third-order valence-corrected chi connectivity index (χ3v) is 5.57. The maximum atomic E-state index is 14.9. The van der Waals surface area contributed by atoms with E-state index >= 15 is 0 Å². The Hall–Kier alpha value is -2.84. The van der Waals surface area contributed by atoms with E-state index in [0.29, 0.717) is 15.9 Å². The van der Waals surface area contributed by atoms with Crippen molar-refractivity contribution in [1.82, 2.24) is 4.98 Å². The van der Waals surface area contributed by atoms with E-state index in [1.54, 1.807) is 13.0 Å². The number of pyridine rings is 1. The van der Waals surface area contributed by atoms with Crippen LogP contribution in [0.2, 0.25) is 0 Å². The molecule has 1 aromatic carbocycles. The number of hydrogen-bond acceptors (Lipinski definition) is 4. The highest BCUT2D eigenvalue weighted by Crippen LogP contribution is 2.41. The number of H-pyrrole nitrogens is 1. The molecule has 3 rings (SSSR count). The molecule has 1 N–H and O–H groups in total. The summed E-state index contributed by atoms with van der Waals surface area (Å²) in [5.74, 6) is -2.46. The number of nitriles is 1. The van der Waals surface area contributed by atoms with Gasteiger partial charge in [0.2, 0.25) is 0 Å². The summed E-state index contributed by atoms with van der Waals surface area (Å²) in [6.07, 6.45) is -3.62. The Bertz CT molecular complexity index is 1180. The summed E-state index contributed by atoms with van der Waals surface area (Å²) in [4.78, 5) is 18.1. The summed E-state index contributed by atoms with van der Waals surface area (Å²) in [7, 11) is 0. The Labute approximate surface area is 179 Å². The molecule has 0 bridgehead atoms. The smallest absolute Gasteiger partial charge is 0.351 e. The molecule has 0 saturated carbocycles. The van der Waals surface area contributed by atoms with Crippen LogP contribution in [0.1, 0.15) is 30.5 Å². The molecule has 0 unspecified atom stereocenters. The van der Waals surface area contributed by atoms with Crippen molar-refractivity contribution in [3.63, 3.8) is 0 Å². The van der Waals surface area contributed by atoms with Gasteiger partial charge in [-0.15, -0.1) is 0 Å². The highest BCUT2D eigenvalue weighted by atomic mass is 32.1. The van der Waals surface area contributed by atoms with Gasteiger partial charge in [0.05, 0.1) is 23.0 Å². The van der Waals surface area contributed by atoms with Crippen LogP contribution in [0.25, 0.3) is 0 Å². The Kier molecular flexibility index (Phi) is 5.20. The normalized spacial score (nSPS) is 16.2. The Morgan fingerprint density at radius 1 is 1.23 bits per heavy atom. The minimum absolute atomic E-state index is 0.202. The molecule has 1 amide bonds. The third-order valence-electron chi connectivity index (χ3n) is 4.77. The first-order valence-electron chi connectivity index (χ1n) is 8.50. The number of amides is 1. The van der Waals surface area contributed by atoms with Crippen LogP contribution in [0.4, 0.5) is 28.9 Å². The number of carbonyl (C=O) groups is 1. The number of rotatable bonds is 2. The van der Waals surface area contributed by atoms with E-state index in [1.807, 2.05) is 0 Å². The summed E-state index contributed by atoms with van der Waals surface area (Å²) in [5, 5.41) is 8.74. The lowest BCUT2D eigenvalue weighted by atomic mass is 10.0. The van der Waals surface area contributed by atoms with E-state index in [9.17, 15) is 22.4 Å². The highest BCUT2D eigenvalue weighted by Gasteiger charge is 2.52. The van der Waals surface area contributed by atoms with E-state index in [4.69, 9.17) is 29.7 Å². The minimum Gasteiger partial charge on any atom is -0.351 e. The summed E-state index contributed by atoms with van der Waals surface area (Å²) < 4.78 is 55.6. The number of thiocarbonyl (C=S) groups is 1. The zero-order chi connectivity index (χ0) is 22.6. The predicted octanol–water partition coefficient (Wildman–Crippen LogP) is 5.00. The number of hydrogen-bond donors (Lipinski definition) is 1. The lowest BCUT2D eigenvalue weighted by Gasteiger charge is -2.29. The molecule has 5 nitrogen and oxygen atoms in total. The molecular formula is C19H14F4N4OS2. The van der Waals surface area contributed by atoms with Crippen molar-refractivity contribution in [3.8, 4) is 6.07 Å². The van der Waals surface area contributed by atoms with Gasteiger partial charge in [-0.05, 0) is 56.8 Å². The quantitative estimate of drug-likeness (QED) is 0.511. The first-order chi connectivity index (χ1) is 13.8. The lowest BCUT2D eigenvalue weighted by Crippen LogP contribution is -2.44. The van der Waals surface area contributed by atoms with Gasteiger partial charge >= 0.3 is 6.18 Å². The van der Waals surface area contributed by atoms with E-state index in [0.717, 1.165) is 17.0 Å². The second kappa shape index (κ2) is 7.14. The first kappa shape index (κ1) is 21.9. The molecule has 2 heterocycles. The van der Waals surface area contributed by atoms with E-state index in [2.05, 4.69) is 4.98 Å².